The van der Waals surface area contributed by atoms with Crippen LogP contribution in [0.3, 0.4) is 0 Å². The van der Waals surface area contributed by atoms with Crippen molar-refractivity contribution in [2.75, 3.05) is 6.54 Å². The SMILES string of the molecule is CC1CC2C3CCCNC34C3=C(CC(=O)C=C3)C24C1. The zero-order valence-electron chi connectivity index (χ0n) is 11.5. The molecule has 5 unspecified atom stereocenters. The first-order valence-electron chi connectivity index (χ1n) is 7.90. The molecule has 100 valence electrons. The summed E-state index contributed by atoms with van der Waals surface area (Å²) in [5.74, 6) is 2.88. The Morgan fingerprint density at radius 1 is 1.32 bits per heavy atom. The predicted octanol–water partition coefficient (Wildman–Crippen LogP) is 2.61. The van der Waals surface area contributed by atoms with Crippen molar-refractivity contribution in [1.82, 2.24) is 5.32 Å². The highest BCUT2D eigenvalue weighted by molar-refractivity contribution is 5.96. The molecule has 2 spiro atoms. The van der Waals surface area contributed by atoms with Crippen LogP contribution in [-0.4, -0.2) is 17.9 Å². The third-order valence-corrected chi connectivity index (χ3v) is 6.88. The van der Waals surface area contributed by atoms with Gasteiger partial charge in [-0.05, 0) is 67.2 Å². The van der Waals surface area contributed by atoms with E-state index >= 15 is 0 Å². The van der Waals surface area contributed by atoms with Crippen LogP contribution in [-0.2, 0) is 4.79 Å². The van der Waals surface area contributed by atoms with E-state index in [0.717, 1.165) is 24.3 Å². The van der Waals surface area contributed by atoms with Gasteiger partial charge in [0.15, 0.2) is 5.78 Å². The number of hydrogen-bond acceptors (Lipinski definition) is 2. The second kappa shape index (κ2) is 3.06. The molecule has 2 saturated carbocycles. The lowest BCUT2D eigenvalue weighted by Crippen LogP contribution is -2.83. The van der Waals surface area contributed by atoms with E-state index in [2.05, 4.69) is 18.3 Å². The Kier molecular flexibility index (Phi) is 1.75. The molecular weight excluding hydrogens is 234 g/mol. The van der Waals surface area contributed by atoms with Crippen LogP contribution >= 0.6 is 0 Å². The van der Waals surface area contributed by atoms with E-state index in [1.165, 1.54) is 36.8 Å². The molecular formula is C17H21NO. The fourth-order valence-electron chi connectivity index (χ4n) is 6.66. The van der Waals surface area contributed by atoms with Gasteiger partial charge in [-0.1, -0.05) is 13.0 Å². The molecule has 2 heteroatoms. The molecule has 1 N–H and O–H groups in total. The summed E-state index contributed by atoms with van der Waals surface area (Å²) in [7, 11) is 0. The minimum Gasteiger partial charge on any atom is -0.306 e. The first-order valence-corrected chi connectivity index (χ1v) is 7.90. The highest BCUT2D eigenvalue weighted by atomic mass is 16.1. The maximum atomic E-state index is 11.8. The molecule has 4 aliphatic carbocycles. The largest absolute Gasteiger partial charge is 0.306 e. The molecule has 1 heterocycles. The number of nitrogens with one attached hydrogen (secondary N) is 1. The molecule has 0 aromatic carbocycles. The summed E-state index contributed by atoms with van der Waals surface area (Å²) in [5, 5.41) is 3.91. The van der Waals surface area contributed by atoms with Crippen molar-refractivity contribution in [3.05, 3.63) is 23.3 Å². The average molecular weight is 255 g/mol. The fraction of sp³-hybridized carbons (Fsp3) is 0.706. The number of carbonyl (C=O) groups excluding carboxylic acids is 1. The number of allylic oxidation sites excluding steroid dienone is 1. The highest BCUT2D eigenvalue weighted by Crippen LogP contribution is 2.81. The van der Waals surface area contributed by atoms with Crippen LogP contribution in [0.15, 0.2) is 23.3 Å². The zero-order chi connectivity index (χ0) is 12.8. The Hall–Kier alpha value is -0.890. The second-order valence-electron chi connectivity index (χ2n) is 7.48. The van der Waals surface area contributed by atoms with Crippen molar-refractivity contribution in [2.24, 2.45) is 23.2 Å². The zero-order valence-corrected chi connectivity index (χ0v) is 11.5. The van der Waals surface area contributed by atoms with Crippen LogP contribution in [0.5, 0.6) is 0 Å². The molecule has 0 aromatic heterocycles. The van der Waals surface area contributed by atoms with E-state index < -0.39 is 0 Å². The third-order valence-electron chi connectivity index (χ3n) is 6.88. The van der Waals surface area contributed by atoms with Crippen molar-refractivity contribution in [1.29, 1.82) is 0 Å². The van der Waals surface area contributed by atoms with E-state index in [1.807, 2.05) is 6.08 Å². The van der Waals surface area contributed by atoms with Gasteiger partial charge in [-0.25, -0.2) is 0 Å². The normalized spacial score (nSPS) is 53.7. The Labute approximate surface area is 114 Å². The first-order chi connectivity index (χ1) is 9.20. The molecule has 5 rings (SSSR count). The summed E-state index contributed by atoms with van der Waals surface area (Å²) >= 11 is 0. The number of carbonyl (C=O) groups is 1. The van der Waals surface area contributed by atoms with Crippen LogP contribution in [0.4, 0.5) is 0 Å². The molecule has 0 bridgehead atoms. The van der Waals surface area contributed by atoms with Gasteiger partial charge in [0, 0.05) is 11.8 Å². The van der Waals surface area contributed by atoms with Crippen LogP contribution in [0.2, 0.25) is 0 Å². The van der Waals surface area contributed by atoms with E-state index in [-0.39, 0.29) is 5.54 Å². The van der Waals surface area contributed by atoms with Gasteiger partial charge in [-0.15, -0.1) is 0 Å². The average Bonchev–Trinajstić information content (AvgIpc) is 2.75. The van der Waals surface area contributed by atoms with Gasteiger partial charge >= 0.3 is 0 Å². The predicted molar refractivity (Wildman–Crippen MR) is 73.6 cm³/mol. The lowest BCUT2D eigenvalue weighted by atomic mass is 9.30. The molecule has 3 fully saturated rings. The molecule has 2 nitrogen and oxygen atoms in total. The lowest BCUT2D eigenvalue weighted by Gasteiger charge is -2.78. The maximum absolute atomic E-state index is 11.8. The van der Waals surface area contributed by atoms with Crippen LogP contribution in [0.25, 0.3) is 0 Å². The number of hydrogen-bond donors (Lipinski definition) is 1. The van der Waals surface area contributed by atoms with Crippen molar-refractivity contribution < 1.29 is 4.79 Å². The summed E-state index contributed by atoms with van der Waals surface area (Å²) in [5.41, 5.74) is 3.71. The summed E-state index contributed by atoms with van der Waals surface area (Å²) < 4.78 is 0. The molecule has 19 heavy (non-hydrogen) atoms. The first kappa shape index (κ1) is 10.8. The molecule has 1 aliphatic heterocycles. The molecule has 0 radical (unpaired) electrons. The number of piperidine rings is 1. The minimum atomic E-state index is 0.285. The Balaban J connectivity index is 1.70. The molecule has 0 aromatic rings. The van der Waals surface area contributed by atoms with Crippen LogP contribution in [0, 0.1) is 23.2 Å². The van der Waals surface area contributed by atoms with E-state index in [9.17, 15) is 4.79 Å². The topological polar surface area (TPSA) is 29.1 Å². The Morgan fingerprint density at radius 3 is 3.11 bits per heavy atom. The van der Waals surface area contributed by atoms with Gasteiger partial charge in [0.1, 0.15) is 0 Å². The third kappa shape index (κ3) is 0.894. The fourth-order valence-corrected chi connectivity index (χ4v) is 6.66. The van der Waals surface area contributed by atoms with Crippen LogP contribution < -0.4 is 5.32 Å². The van der Waals surface area contributed by atoms with Gasteiger partial charge in [0.05, 0.1) is 5.54 Å². The van der Waals surface area contributed by atoms with Gasteiger partial charge in [0.2, 0.25) is 0 Å². The standard InChI is InChI=1S/C17H21NO/c1-10-7-14-12-3-2-6-18-17(12)13-5-4-11(19)8-15(13)16(14,17)9-10/h4-5,10,12,14,18H,2-3,6-9H2,1H3. The molecule has 5 atom stereocenters. The number of ketones is 1. The van der Waals surface area contributed by atoms with Gasteiger partial charge in [0.25, 0.3) is 0 Å². The summed E-state index contributed by atoms with van der Waals surface area (Å²) in [4.78, 5) is 11.8. The summed E-state index contributed by atoms with van der Waals surface area (Å²) in [6, 6.07) is 0. The second-order valence-corrected chi connectivity index (χ2v) is 7.48. The summed E-state index contributed by atoms with van der Waals surface area (Å²) in [6.45, 7) is 3.57. The maximum Gasteiger partial charge on any atom is 0.159 e. The minimum absolute atomic E-state index is 0.285. The van der Waals surface area contributed by atoms with E-state index in [0.29, 0.717) is 17.6 Å². The van der Waals surface area contributed by atoms with E-state index in [4.69, 9.17) is 0 Å². The van der Waals surface area contributed by atoms with Gasteiger partial charge in [-0.3, -0.25) is 4.79 Å². The quantitative estimate of drug-likeness (QED) is 0.721. The summed E-state index contributed by atoms with van der Waals surface area (Å²) in [6.07, 6.45) is 10.1. The Morgan fingerprint density at radius 2 is 2.21 bits per heavy atom. The van der Waals surface area contributed by atoms with Crippen molar-refractivity contribution >= 4 is 5.78 Å². The van der Waals surface area contributed by atoms with Crippen molar-refractivity contribution in [3.63, 3.8) is 0 Å². The molecule has 1 saturated heterocycles. The van der Waals surface area contributed by atoms with Crippen molar-refractivity contribution in [3.8, 4) is 0 Å². The van der Waals surface area contributed by atoms with Crippen molar-refractivity contribution in [2.45, 2.75) is 44.6 Å². The van der Waals surface area contributed by atoms with Gasteiger partial charge in [-0.2, -0.15) is 0 Å². The van der Waals surface area contributed by atoms with Crippen LogP contribution in [0.1, 0.15) is 39.0 Å². The van der Waals surface area contributed by atoms with E-state index in [1.54, 1.807) is 0 Å². The number of rotatable bonds is 0. The molecule has 5 aliphatic rings. The highest BCUT2D eigenvalue weighted by Gasteiger charge is 2.81. The molecule has 0 amide bonds. The van der Waals surface area contributed by atoms with Gasteiger partial charge < -0.3 is 5.32 Å². The Bertz CT molecular complexity index is 560. The monoisotopic (exact) mass is 255 g/mol. The number of fused-ring (bicyclic) bond motifs is 1. The smallest absolute Gasteiger partial charge is 0.159 e. The lowest BCUT2D eigenvalue weighted by molar-refractivity contribution is -0.148.